The molecule has 0 aliphatic carbocycles. The quantitative estimate of drug-likeness (QED) is 0.169. The van der Waals surface area contributed by atoms with Crippen molar-refractivity contribution in [2.75, 3.05) is 9.80 Å². The molecule has 3 aromatic heterocycles. The smallest absolute Gasteiger partial charge is 0.159 e. The van der Waals surface area contributed by atoms with Crippen LogP contribution in [0, 0.1) is 13.8 Å². The molecule has 3 heterocycles. The zero-order valence-electron chi connectivity index (χ0n) is 32.4. The van der Waals surface area contributed by atoms with Gasteiger partial charge in [-0.25, -0.2) is 0 Å². The van der Waals surface area contributed by atoms with Crippen molar-refractivity contribution >= 4 is 111 Å². The van der Waals surface area contributed by atoms with E-state index in [4.69, 9.17) is 13.3 Å². The van der Waals surface area contributed by atoms with Crippen LogP contribution in [-0.4, -0.2) is 0 Å². The molecule has 280 valence electrons. The maximum absolute atomic E-state index is 6.86. The predicted octanol–water partition coefficient (Wildman–Crippen LogP) is 16.1. The second kappa shape index (κ2) is 12.9. The Morgan fingerprint density at radius 3 is 1.41 bits per heavy atom. The third-order valence-corrected chi connectivity index (χ3v) is 11.8. The largest absolute Gasteiger partial charge is 0.456 e. The van der Waals surface area contributed by atoms with E-state index in [0.29, 0.717) is 0 Å². The van der Waals surface area contributed by atoms with Crippen molar-refractivity contribution in [2.24, 2.45) is 0 Å². The first-order valence-corrected chi connectivity index (χ1v) is 20.0. The Morgan fingerprint density at radius 2 is 0.797 bits per heavy atom. The monoisotopic (exact) mass is 760 g/mol. The van der Waals surface area contributed by atoms with Gasteiger partial charge in [0.25, 0.3) is 0 Å². The van der Waals surface area contributed by atoms with Gasteiger partial charge in [0.1, 0.15) is 22.3 Å². The van der Waals surface area contributed by atoms with Crippen LogP contribution in [-0.2, 0) is 0 Å². The van der Waals surface area contributed by atoms with E-state index < -0.39 is 0 Å². The van der Waals surface area contributed by atoms with Gasteiger partial charge < -0.3 is 23.1 Å². The van der Waals surface area contributed by atoms with Gasteiger partial charge in [-0.05, 0) is 85.0 Å². The van der Waals surface area contributed by atoms with Gasteiger partial charge in [-0.15, -0.1) is 0 Å². The van der Waals surface area contributed by atoms with Crippen molar-refractivity contribution in [3.8, 4) is 0 Å². The van der Waals surface area contributed by atoms with E-state index in [0.717, 1.165) is 122 Å². The highest BCUT2D eigenvalue weighted by Crippen LogP contribution is 2.49. The Morgan fingerprint density at radius 1 is 0.305 bits per heavy atom. The fourth-order valence-electron chi connectivity index (χ4n) is 9.17. The number of para-hydroxylation sites is 6. The average molecular weight is 761 g/mol. The van der Waals surface area contributed by atoms with Gasteiger partial charge >= 0.3 is 0 Å². The minimum Gasteiger partial charge on any atom is -0.456 e. The molecule has 0 unspecified atom stereocenters. The van der Waals surface area contributed by atoms with Gasteiger partial charge in [0.05, 0.1) is 17.1 Å². The molecule has 0 aliphatic rings. The number of benzene rings is 9. The summed E-state index contributed by atoms with van der Waals surface area (Å²) in [6.07, 6.45) is 0. The maximum atomic E-state index is 6.86. The summed E-state index contributed by atoms with van der Waals surface area (Å²) in [5.41, 5.74) is 13.4. The minimum absolute atomic E-state index is 0.806. The average Bonchev–Trinajstić information content (AvgIpc) is 3.98. The van der Waals surface area contributed by atoms with Crippen molar-refractivity contribution in [1.82, 2.24) is 0 Å². The van der Waals surface area contributed by atoms with Crippen molar-refractivity contribution in [2.45, 2.75) is 13.8 Å². The Kier molecular flexibility index (Phi) is 7.29. The van der Waals surface area contributed by atoms with E-state index in [1.54, 1.807) is 0 Å². The third-order valence-electron chi connectivity index (χ3n) is 11.8. The van der Waals surface area contributed by atoms with Crippen LogP contribution in [0.15, 0.2) is 195 Å². The van der Waals surface area contributed by atoms with Gasteiger partial charge in [0, 0.05) is 60.8 Å². The fraction of sp³-hybridized carbons (Fsp3) is 0.0370. The van der Waals surface area contributed by atoms with Gasteiger partial charge in [-0.3, -0.25) is 0 Å². The van der Waals surface area contributed by atoms with Crippen LogP contribution >= 0.6 is 0 Å². The van der Waals surface area contributed by atoms with Crippen molar-refractivity contribution in [1.29, 1.82) is 0 Å². The molecule has 0 spiro atoms. The molecule has 0 atom stereocenters. The SMILES string of the molecule is Cc1cccc2c1oc1c(N(c3ccccc3)c3ccc4oc5cc(N(c6ccccc6)c6cccc7c6oc6c(C)cccc67)c6ccccc6c5c4c3)cccc12. The molecule has 59 heavy (non-hydrogen) atoms. The number of hydrogen-bond acceptors (Lipinski definition) is 5. The zero-order chi connectivity index (χ0) is 39.2. The number of rotatable bonds is 6. The number of aryl methyl sites for hydroxylation is 2. The highest BCUT2D eigenvalue weighted by atomic mass is 16.3. The van der Waals surface area contributed by atoms with Gasteiger partial charge in [0.15, 0.2) is 11.2 Å². The van der Waals surface area contributed by atoms with E-state index in [1.165, 1.54) is 0 Å². The molecule has 0 saturated heterocycles. The lowest BCUT2D eigenvalue weighted by Crippen LogP contribution is -2.10. The van der Waals surface area contributed by atoms with Crippen molar-refractivity contribution in [3.63, 3.8) is 0 Å². The molecule has 0 bridgehead atoms. The number of nitrogens with zero attached hydrogens (tertiary/aromatic N) is 2. The van der Waals surface area contributed by atoms with E-state index in [-0.39, 0.29) is 0 Å². The van der Waals surface area contributed by atoms with Crippen molar-refractivity contribution in [3.05, 3.63) is 193 Å². The minimum atomic E-state index is 0.806. The second-order valence-corrected chi connectivity index (χ2v) is 15.4. The van der Waals surface area contributed by atoms with Gasteiger partial charge in [-0.1, -0.05) is 121 Å². The first-order valence-electron chi connectivity index (χ1n) is 20.0. The van der Waals surface area contributed by atoms with Crippen LogP contribution in [0.2, 0.25) is 0 Å². The summed E-state index contributed by atoms with van der Waals surface area (Å²) >= 11 is 0. The van der Waals surface area contributed by atoms with E-state index in [9.17, 15) is 0 Å². The topological polar surface area (TPSA) is 45.9 Å². The molecule has 12 aromatic rings. The van der Waals surface area contributed by atoms with E-state index >= 15 is 0 Å². The molecular weight excluding hydrogens is 725 g/mol. The molecular formula is C54H36N2O3. The van der Waals surface area contributed by atoms with E-state index in [1.807, 2.05) is 0 Å². The van der Waals surface area contributed by atoms with Crippen LogP contribution < -0.4 is 9.80 Å². The molecule has 0 saturated carbocycles. The van der Waals surface area contributed by atoms with Crippen LogP contribution in [0.5, 0.6) is 0 Å². The Bertz CT molecular complexity index is 3600. The summed E-state index contributed by atoms with van der Waals surface area (Å²) in [6.45, 7) is 4.21. The summed E-state index contributed by atoms with van der Waals surface area (Å²) in [5.74, 6) is 0. The summed E-state index contributed by atoms with van der Waals surface area (Å²) in [6, 6.07) is 63.9. The summed E-state index contributed by atoms with van der Waals surface area (Å²) < 4.78 is 20.3. The van der Waals surface area contributed by atoms with Gasteiger partial charge in [0.2, 0.25) is 0 Å². The summed E-state index contributed by atoms with van der Waals surface area (Å²) in [5, 5.41) is 8.71. The molecule has 0 amide bonds. The Labute approximate surface area is 339 Å². The Hall–Kier alpha value is -7.76. The number of hydrogen-bond donors (Lipinski definition) is 0. The Balaban J connectivity index is 1.10. The molecule has 0 aliphatic heterocycles. The zero-order valence-corrected chi connectivity index (χ0v) is 32.4. The number of anilines is 6. The first-order chi connectivity index (χ1) is 29.1. The van der Waals surface area contributed by atoms with Crippen molar-refractivity contribution < 1.29 is 13.3 Å². The lowest BCUT2D eigenvalue weighted by Gasteiger charge is -2.27. The molecule has 0 fully saturated rings. The van der Waals surface area contributed by atoms with Gasteiger partial charge in [-0.2, -0.15) is 0 Å². The molecule has 9 aromatic carbocycles. The second-order valence-electron chi connectivity index (χ2n) is 15.4. The van der Waals surface area contributed by atoms with Crippen LogP contribution in [0.1, 0.15) is 11.1 Å². The van der Waals surface area contributed by atoms with Crippen LogP contribution in [0.3, 0.4) is 0 Å². The highest BCUT2D eigenvalue weighted by molar-refractivity contribution is 6.24. The standard InChI is InChI=1S/C54H36N2O3/c1-33-15-11-23-40-42-25-13-27-45(53(42)58-51(33)40)55(35-17-5-3-6-18-35)37-29-30-48-44(31-37)50-39-22-10-9-21-38(39)47(32-49(50)57-48)56(36-19-7-4-8-20-36)46-28-14-26-43-41-24-12-16-34(2)52(41)59-54(43)46/h3-32H,1-2H3. The fourth-order valence-corrected chi connectivity index (χ4v) is 9.17. The molecule has 5 nitrogen and oxygen atoms in total. The first kappa shape index (κ1) is 33.4. The summed E-state index contributed by atoms with van der Waals surface area (Å²) in [4.78, 5) is 4.61. The normalized spacial score (nSPS) is 11.9. The lowest BCUT2D eigenvalue weighted by atomic mass is 10.00. The molecule has 0 N–H and O–H groups in total. The molecule has 5 heteroatoms. The third kappa shape index (κ3) is 5.04. The van der Waals surface area contributed by atoms with Crippen LogP contribution in [0.4, 0.5) is 34.1 Å². The highest BCUT2D eigenvalue weighted by Gasteiger charge is 2.25. The number of furan rings is 3. The van der Waals surface area contributed by atoms with E-state index in [2.05, 4.69) is 206 Å². The molecule has 0 radical (unpaired) electrons. The predicted molar refractivity (Wildman–Crippen MR) is 245 cm³/mol. The summed E-state index contributed by atoms with van der Waals surface area (Å²) in [7, 11) is 0. The number of fused-ring (bicyclic) bond motifs is 11. The van der Waals surface area contributed by atoms with Crippen LogP contribution in [0.25, 0.3) is 76.6 Å². The lowest BCUT2D eigenvalue weighted by molar-refractivity contribution is 0.665. The maximum Gasteiger partial charge on any atom is 0.159 e. The molecule has 12 rings (SSSR count).